The molecule has 1 saturated heterocycles. The van der Waals surface area contributed by atoms with E-state index >= 15 is 4.39 Å². The molecule has 1 heterocycles. The summed E-state index contributed by atoms with van der Waals surface area (Å²) in [4.78, 5) is 11.9. The van der Waals surface area contributed by atoms with Crippen molar-refractivity contribution in [3.05, 3.63) is 57.3 Å². The van der Waals surface area contributed by atoms with Crippen molar-refractivity contribution >= 4 is 37.5 Å². The van der Waals surface area contributed by atoms with Crippen molar-refractivity contribution in [2.75, 3.05) is 18.5 Å². The summed E-state index contributed by atoms with van der Waals surface area (Å²) < 4.78 is 74.5. The van der Waals surface area contributed by atoms with Gasteiger partial charge in [-0.1, -0.05) is 15.9 Å². The lowest BCUT2D eigenvalue weighted by Gasteiger charge is -2.16. The van der Waals surface area contributed by atoms with Crippen LogP contribution in [0.1, 0.15) is 22.3 Å². The molecule has 0 bridgehead atoms. The van der Waals surface area contributed by atoms with Crippen LogP contribution in [0, 0.1) is 24.4 Å². The molecule has 29 heavy (non-hydrogen) atoms. The minimum absolute atomic E-state index is 0.113. The number of ether oxygens (including phenoxy) is 1. The van der Waals surface area contributed by atoms with Crippen LogP contribution < -0.4 is 10.0 Å². The molecule has 2 aromatic carbocycles. The SMILES string of the molecule is Cc1c(Br)cc(S(=O)(=O)NC2CCOC2)c(F)c1C(=O)Nc1ccc(F)c(F)c1. The number of amides is 1. The molecule has 0 aliphatic carbocycles. The van der Waals surface area contributed by atoms with E-state index in [1.165, 1.54) is 6.92 Å². The maximum absolute atomic E-state index is 15.1. The van der Waals surface area contributed by atoms with Gasteiger partial charge in [-0.05, 0) is 37.1 Å². The molecule has 0 saturated carbocycles. The molecule has 0 spiro atoms. The van der Waals surface area contributed by atoms with Gasteiger partial charge in [0.05, 0.1) is 12.2 Å². The molecule has 3 rings (SSSR count). The van der Waals surface area contributed by atoms with Crippen molar-refractivity contribution in [1.29, 1.82) is 0 Å². The Kier molecular flexibility index (Phi) is 6.32. The molecular weight excluding hydrogens is 477 g/mol. The predicted octanol–water partition coefficient (Wildman–Crippen LogP) is 3.49. The van der Waals surface area contributed by atoms with Gasteiger partial charge in [0.2, 0.25) is 10.0 Å². The van der Waals surface area contributed by atoms with E-state index in [0.29, 0.717) is 13.0 Å². The average Bonchev–Trinajstić information content (AvgIpc) is 3.13. The molecule has 11 heteroatoms. The van der Waals surface area contributed by atoms with Crippen molar-refractivity contribution < 1.29 is 31.1 Å². The number of hydrogen-bond donors (Lipinski definition) is 2. The minimum atomic E-state index is -4.28. The first-order valence-corrected chi connectivity index (χ1v) is 10.7. The fourth-order valence-corrected chi connectivity index (χ4v) is 4.78. The highest BCUT2D eigenvalue weighted by molar-refractivity contribution is 9.10. The van der Waals surface area contributed by atoms with Gasteiger partial charge in [0.25, 0.3) is 5.91 Å². The smallest absolute Gasteiger partial charge is 0.258 e. The first-order valence-electron chi connectivity index (χ1n) is 8.45. The number of rotatable bonds is 5. The van der Waals surface area contributed by atoms with Crippen LogP contribution in [-0.2, 0) is 14.8 Å². The third-order valence-corrected chi connectivity index (χ3v) is 6.72. The van der Waals surface area contributed by atoms with Gasteiger partial charge >= 0.3 is 0 Å². The second-order valence-electron chi connectivity index (χ2n) is 6.44. The highest BCUT2D eigenvalue weighted by Crippen LogP contribution is 2.30. The normalized spacial score (nSPS) is 16.8. The second kappa shape index (κ2) is 8.42. The van der Waals surface area contributed by atoms with Crippen molar-refractivity contribution in [2.24, 2.45) is 0 Å². The molecule has 1 amide bonds. The molecule has 156 valence electrons. The quantitative estimate of drug-likeness (QED) is 0.668. The molecule has 1 atom stereocenters. The number of carbonyl (C=O) groups excluding carboxylic acids is 1. The standard InChI is InChI=1S/C18H16BrF3N2O4S/c1-9-12(19)7-15(29(26,27)24-11-4-5-28-8-11)17(22)16(9)18(25)23-10-2-3-13(20)14(21)6-10/h2-3,6-7,11,24H,4-5,8H2,1H3,(H,23,25). The van der Waals surface area contributed by atoms with E-state index in [-0.39, 0.29) is 22.3 Å². The van der Waals surface area contributed by atoms with Crippen LogP contribution in [0.2, 0.25) is 0 Å². The summed E-state index contributed by atoms with van der Waals surface area (Å²) in [5, 5.41) is 2.25. The summed E-state index contributed by atoms with van der Waals surface area (Å²) in [7, 11) is -4.28. The number of hydrogen-bond acceptors (Lipinski definition) is 4. The Morgan fingerprint density at radius 3 is 2.55 bits per heavy atom. The molecular formula is C18H16BrF3N2O4S. The second-order valence-corrected chi connectivity index (χ2v) is 8.97. The van der Waals surface area contributed by atoms with Crippen LogP contribution in [0.15, 0.2) is 33.6 Å². The van der Waals surface area contributed by atoms with Gasteiger partial charge in [0.15, 0.2) is 17.5 Å². The third-order valence-electron chi connectivity index (χ3n) is 4.37. The molecule has 6 nitrogen and oxygen atoms in total. The Bertz CT molecular complexity index is 1070. The van der Waals surface area contributed by atoms with Gasteiger partial charge < -0.3 is 10.1 Å². The van der Waals surface area contributed by atoms with Crippen molar-refractivity contribution in [3.8, 4) is 0 Å². The Balaban J connectivity index is 1.98. The Hall–Kier alpha value is -1.95. The van der Waals surface area contributed by atoms with Crippen molar-refractivity contribution in [2.45, 2.75) is 24.3 Å². The predicted molar refractivity (Wildman–Crippen MR) is 103 cm³/mol. The van der Waals surface area contributed by atoms with Crippen LogP contribution in [0.5, 0.6) is 0 Å². The van der Waals surface area contributed by atoms with Gasteiger partial charge in [-0.15, -0.1) is 0 Å². The maximum Gasteiger partial charge on any atom is 0.258 e. The van der Waals surface area contributed by atoms with Gasteiger partial charge in [0.1, 0.15) is 4.90 Å². The molecule has 0 aromatic heterocycles. The first kappa shape index (κ1) is 21.8. The Morgan fingerprint density at radius 1 is 1.21 bits per heavy atom. The zero-order valence-electron chi connectivity index (χ0n) is 15.1. The molecule has 1 unspecified atom stereocenters. The van der Waals surface area contributed by atoms with E-state index in [9.17, 15) is 22.0 Å². The lowest BCUT2D eigenvalue weighted by atomic mass is 10.1. The van der Waals surface area contributed by atoms with E-state index in [4.69, 9.17) is 4.74 Å². The number of sulfonamides is 1. The van der Waals surface area contributed by atoms with Gasteiger partial charge in [-0.2, -0.15) is 0 Å². The maximum atomic E-state index is 15.1. The number of anilines is 1. The molecule has 1 aliphatic heterocycles. The van der Waals surface area contributed by atoms with Gasteiger partial charge in [0, 0.05) is 28.9 Å². The molecule has 1 aliphatic rings. The van der Waals surface area contributed by atoms with E-state index in [2.05, 4.69) is 26.0 Å². The van der Waals surface area contributed by atoms with Crippen molar-refractivity contribution in [1.82, 2.24) is 4.72 Å². The summed E-state index contributed by atoms with van der Waals surface area (Å²) in [6, 6.07) is 3.20. The summed E-state index contributed by atoms with van der Waals surface area (Å²) in [6.45, 7) is 1.97. The summed E-state index contributed by atoms with van der Waals surface area (Å²) >= 11 is 3.14. The van der Waals surface area contributed by atoms with E-state index in [1.54, 1.807) is 0 Å². The van der Waals surface area contributed by atoms with Crippen LogP contribution in [-0.4, -0.2) is 33.6 Å². The number of benzene rings is 2. The Labute approximate surface area is 173 Å². The number of nitrogens with one attached hydrogen (secondary N) is 2. The Morgan fingerprint density at radius 2 is 1.93 bits per heavy atom. The summed E-state index contributed by atoms with van der Waals surface area (Å²) in [6.07, 6.45) is 0.442. The van der Waals surface area contributed by atoms with Crippen LogP contribution >= 0.6 is 15.9 Å². The molecule has 0 radical (unpaired) electrons. The van der Waals surface area contributed by atoms with E-state index in [0.717, 1.165) is 24.3 Å². The summed E-state index contributed by atoms with van der Waals surface area (Å²) in [5.41, 5.74) is -0.504. The summed E-state index contributed by atoms with van der Waals surface area (Å²) in [5.74, 6) is -4.56. The van der Waals surface area contributed by atoms with E-state index < -0.39 is 49.9 Å². The zero-order chi connectivity index (χ0) is 21.3. The molecule has 2 N–H and O–H groups in total. The van der Waals surface area contributed by atoms with Crippen molar-refractivity contribution in [3.63, 3.8) is 0 Å². The highest BCUT2D eigenvalue weighted by Gasteiger charge is 2.30. The minimum Gasteiger partial charge on any atom is -0.380 e. The monoisotopic (exact) mass is 492 g/mol. The van der Waals surface area contributed by atoms with Crippen LogP contribution in [0.3, 0.4) is 0 Å². The third kappa shape index (κ3) is 4.63. The van der Waals surface area contributed by atoms with Crippen LogP contribution in [0.25, 0.3) is 0 Å². The topological polar surface area (TPSA) is 84.5 Å². The largest absolute Gasteiger partial charge is 0.380 e. The highest BCUT2D eigenvalue weighted by atomic mass is 79.9. The zero-order valence-corrected chi connectivity index (χ0v) is 17.5. The lowest BCUT2D eigenvalue weighted by molar-refractivity contribution is 0.102. The first-order chi connectivity index (χ1) is 13.6. The average molecular weight is 493 g/mol. The molecule has 1 fully saturated rings. The van der Waals surface area contributed by atoms with Gasteiger partial charge in [-0.3, -0.25) is 4.79 Å². The van der Waals surface area contributed by atoms with Crippen LogP contribution in [0.4, 0.5) is 18.9 Å². The molecule has 2 aromatic rings. The lowest BCUT2D eigenvalue weighted by Crippen LogP contribution is -2.36. The van der Waals surface area contributed by atoms with E-state index in [1.807, 2.05) is 0 Å². The number of carbonyl (C=O) groups is 1. The van der Waals surface area contributed by atoms with Gasteiger partial charge in [-0.25, -0.2) is 26.3 Å². The number of halogens is 4. The fourth-order valence-electron chi connectivity index (χ4n) is 2.84. The fraction of sp³-hybridized carbons (Fsp3) is 0.278.